The van der Waals surface area contributed by atoms with Crippen molar-refractivity contribution >= 4 is 16.8 Å². The second-order valence-corrected chi connectivity index (χ2v) is 6.00. The highest BCUT2D eigenvalue weighted by atomic mass is 15.2. The van der Waals surface area contributed by atoms with Crippen LogP contribution in [-0.4, -0.2) is 9.38 Å². The minimum atomic E-state index is 0.117. The largest absolute Gasteiger partial charge is 0.368 e. The maximum atomic E-state index is 3.86. The Balaban J connectivity index is 2.39. The Morgan fingerprint density at radius 2 is 2.05 bits per heavy atom. The van der Waals surface area contributed by atoms with Crippen molar-refractivity contribution in [3.63, 3.8) is 0 Å². The van der Waals surface area contributed by atoms with Crippen LogP contribution < -0.4 is 4.57 Å². The van der Waals surface area contributed by atoms with Crippen molar-refractivity contribution in [1.82, 2.24) is 9.38 Å². The van der Waals surface area contributed by atoms with Gasteiger partial charge in [-0.25, -0.2) is 9.55 Å². The zero-order chi connectivity index (χ0) is 13.6. The average molecular weight is 254 g/mol. The molecular weight excluding hydrogens is 234 g/mol. The number of aromatic amines is 1. The van der Waals surface area contributed by atoms with E-state index >= 15 is 0 Å². The number of hydrogen-bond acceptors (Lipinski definition) is 0. The van der Waals surface area contributed by atoms with Crippen LogP contribution in [0.1, 0.15) is 26.5 Å². The first-order valence-electron chi connectivity index (χ1n) is 6.65. The molecule has 1 N–H and O–H groups in total. The molecule has 3 aromatic rings. The molecule has 19 heavy (non-hydrogen) atoms. The lowest BCUT2D eigenvalue weighted by atomic mass is 9.93. The summed E-state index contributed by atoms with van der Waals surface area (Å²) in [6, 6.07) is 8.46. The third-order valence-corrected chi connectivity index (χ3v) is 3.54. The van der Waals surface area contributed by atoms with Gasteiger partial charge in [-0.1, -0.05) is 45.6 Å². The van der Waals surface area contributed by atoms with Crippen molar-refractivity contribution in [2.45, 2.75) is 32.7 Å². The summed E-state index contributed by atoms with van der Waals surface area (Å²) in [5, 5.41) is 0. The normalized spacial score (nSPS) is 12.4. The number of hydrogen-bond donors (Lipinski definition) is 1. The van der Waals surface area contributed by atoms with Gasteiger partial charge in [0, 0.05) is 5.41 Å². The number of allylic oxidation sites excluding steroid dienone is 1. The molecular formula is C16H20N3+. The molecule has 0 fully saturated rings. The van der Waals surface area contributed by atoms with E-state index < -0.39 is 0 Å². The summed E-state index contributed by atoms with van der Waals surface area (Å²) in [6.45, 7) is 11.3. The van der Waals surface area contributed by atoms with E-state index in [1.54, 1.807) is 0 Å². The number of rotatable bonds is 2. The first-order valence-corrected chi connectivity index (χ1v) is 6.65. The summed E-state index contributed by atoms with van der Waals surface area (Å²) in [5.41, 5.74) is 3.82. The smallest absolute Gasteiger partial charge is 0.245 e. The number of aromatic nitrogens is 3. The van der Waals surface area contributed by atoms with Crippen LogP contribution in [0.25, 0.3) is 16.8 Å². The van der Waals surface area contributed by atoms with E-state index in [1.807, 2.05) is 6.08 Å². The maximum Gasteiger partial charge on any atom is 0.368 e. The Morgan fingerprint density at radius 3 is 2.74 bits per heavy atom. The zero-order valence-corrected chi connectivity index (χ0v) is 11.8. The lowest BCUT2D eigenvalue weighted by Crippen LogP contribution is -2.32. The van der Waals surface area contributed by atoms with Crippen LogP contribution in [0.2, 0.25) is 0 Å². The summed E-state index contributed by atoms with van der Waals surface area (Å²) >= 11 is 0. The average Bonchev–Trinajstić information content (AvgIpc) is 2.89. The van der Waals surface area contributed by atoms with E-state index in [2.05, 4.69) is 71.8 Å². The topological polar surface area (TPSA) is 24.1 Å². The minimum absolute atomic E-state index is 0.117. The highest BCUT2D eigenvalue weighted by Crippen LogP contribution is 2.23. The quantitative estimate of drug-likeness (QED) is 0.536. The van der Waals surface area contributed by atoms with Crippen molar-refractivity contribution in [3.05, 3.63) is 48.8 Å². The number of H-pyrrole nitrogens is 1. The van der Waals surface area contributed by atoms with Gasteiger partial charge in [0.1, 0.15) is 22.9 Å². The fourth-order valence-electron chi connectivity index (χ4n) is 2.49. The van der Waals surface area contributed by atoms with Gasteiger partial charge < -0.3 is 0 Å². The molecule has 0 atom stereocenters. The second-order valence-electron chi connectivity index (χ2n) is 6.00. The number of nitrogens with zero attached hydrogens (tertiary/aromatic N) is 2. The highest BCUT2D eigenvalue weighted by Gasteiger charge is 2.25. The number of fused-ring (bicyclic) bond motifs is 3. The van der Waals surface area contributed by atoms with Gasteiger partial charge in [-0.15, -0.1) is 0 Å². The molecule has 0 aliphatic heterocycles. The molecule has 0 amide bonds. The third-order valence-electron chi connectivity index (χ3n) is 3.54. The van der Waals surface area contributed by atoms with Gasteiger partial charge in [0.25, 0.3) is 0 Å². The molecule has 3 nitrogen and oxygen atoms in total. The van der Waals surface area contributed by atoms with Crippen LogP contribution >= 0.6 is 0 Å². The van der Waals surface area contributed by atoms with Gasteiger partial charge in [-0.2, -0.15) is 4.40 Å². The summed E-state index contributed by atoms with van der Waals surface area (Å²) in [7, 11) is 0. The van der Waals surface area contributed by atoms with Crippen LogP contribution in [0.4, 0.5) is 0 Å². The van der Waals surface area contributed by atoms with E-state index in [4.69, 9.17) is 0 Å². The molecule has 2 aromatic heterocycles. The zero-order valence-electron chi connectivity index (χ0n) is 11.8. The van der Waals surface area contributed by atoms with E-state index in [9.17, 15) is 0 Å². The van der Waals surface area contributed by atoms with Crippen LogP contribution in [0.15, 0.2) is 43.1 Å². The summed E-state index contributed by atoms with van der Waals surface area (Å²) in [5.74, 6) is 1.12. The predicted molar refractivity (Wildman–Crippen MR) is 78.3 cm³/mol. The van der Waals surface area contributed by atoms with Gasteiger partial charge in [0.2, 0.25) is 0 Å². The van der Waals surface area contributed by atoms with E-state index in [0.29, 0.717) is 0 Å². The molecule has 0 bridgehead atoms. The molecule has 98 valence electrons. The van der Waals surface area contributed by atoms with Crippen LogP contribution in [0.3, 0.4) is 0 Å². The molecule has 0 unspecified atom stereocenters. The molecule has 0 aliphatic carbocycles. The fourth-order valence-corrected chi connectivity index (χ4v) is 2.49. The molecule has 0 saturated carbocycles. The first kappa shape index (κ1) is 12.0. The molecule has 0 aliphatic rings. The number of para-hydroxylation sites is 2. The summed E-state index contributed by atoms with van der Waals surface area (Å²) < 4.78 is 4.50. The van der Waals surface area contributed by atoms with Gasteiger partial charge >= 0.3 is 5.78 Å². The van der Waals surface area contributed by atoms with Gasteiger partial charge in [0.15, 0.2) is 0 Å². The maximum absolute atomic E-state index is 3.86. The minimum Gasteiger partial charge on any atom is -0.245 e. The second kappa shape index (κ2) is 3.98. The lowest BCUT2D eigenvalue weighted by molar-refractivity contribution is -0.636. The standard InChI is InChI=1S/C16H19N3/c1-5-10-18-12-8-6-7-9-13(12)19-11-14(16(2,3)4)17-15(18)19/h5-9,11H,1,10H2,2-4H3/p+1. The Morgan fingerprint density at radius 1 is 1.32 bits per heavy atom. The number of nitrogens with one attached hydrogen (secondary N) is 1. The third kappa shape index (κ3) is 1.77. The van der Waals surface area contributed by atoms with Crippen LogP contribution in [-0.2, 0) is 12.0 Å². The number of imidazole rings is 2. The Kier molecular flexibility index (Phi) is 2.52. The van der Waals surface area contributed by atoms with Gasteiger partial charge in [0.05, 0.1) is 6.54 Å². The van der Waals surface area contributed by atoms with Gasteiger partial charge in [-0.3, -0.25) is 0 Å². The van der Waals surface area contributed by atoms with Crippen molar-refractivity contribution in [1.29, 1.82) is 0 Å². The van der Waals surface area contributed by atoms with Crippen LogP contribution in [0, 0.1) is 0 Å². The summed E-state index contributed by atoms with van der Waals surface area (Å²) in [6.07, 6.45) is 4.14. The van der Waals surface area contributed by atoms with Crippen LogP contribution in [0.5, 0.6) is 0 Å². The molecule has 0 saturated heterocycles. The SMILES string of the molecule is C=CC[n+]1c2ccccc2n2cc(C(C)(C)C)[nH]c21. The van der Waals surface area contributed by atoms with Crippen molar-refractivity contribution in [3.8, 4) is 0 Å². The lowest BCUT2D eigenvalue weighted by Gasteiger charge is -2.12. The molecule has 2 heterocycles. The molecule has 0 radical (unpaired) electrons. The first-order chi connectivity index (χ1) is 9.02. The van der Waals surface area contributed by atoms with Crippen molar-refractivity contribution in [2.24, 2.45) is 0 Å². The Hall–Kier alpha value is -2.03. The number of benzene rings is 1. The fraction of sp³-hybridized carbons (Fsp3) is 0.312. The Labute approximate surface area is 113 Å². The molecule has 3 heteroatoms. The molecule has 0 spiro atoms. The molecule has 3 rings (SSSR count). The van der Waals surface area contributed by atoms with E-state index in [1.165, 1.54) is 16.7 Å². The highest BCUT2D eigenvalue weighted by molar-refractivity contribution is 5.75. The van der Waals surface area contributed by atoms with E-state index in [-0.39, 0.29) is 5.41 Å². The summed E-state index contributed by atoms with van der Waals surface area (Å²) in [4.78, 5) is 3.56. The predicted octanol–water partition coefficient (Wildman–Crippen LogP) is 3.19. The van der Waals surface area contributed by atoms with E-state index in [0.717, 1.165) is 12.3 Å². The van der Waals surface area contributed by atoms with Gasteiger partial charge in [-0.05, 0) is 12.1 Å². The van der Waals surface area contributed by atoms with Crippen molar-refractivity contribution < 1.29 is 4.57 Å². The Bertz CT molecular complexity index is 753. The monoisotopic (exact) mass is 254 g/mol. The molecule has 1 aromatic carbocycles. The van der Waals surface area contributed by atoms with Crippen molar-refractivity contribution in [2.75, 3.05) is 0 Å².